The molecule has 10 nitrogen and oxygen atoms in total. The van der Waals surface area contributed by atoms with Gasteiger partial charge < -0.3 is 10.1 Å². The summed E-state index contributed by atoms with van der Waals surface area (Å²) in [6.45, 7) is -0.659. The van der Waals surface area contributed by atoms with Gasteiger partial charge in [0.15, 0.2) is 27.1 Å². The number of hydrogen-bond acceptors (Lipinski definition) is 8. The first-order chi connectivity index (χ1) is 15.3. The van der Waals surface area contributed by atoms with Crippen LogP contribution in [-0.4, -0.2) is 70.4 Å². The zero-order valence-corrected chi connectivity index (χ0v) is 17.7. The van der Waals surface area contributed by atoms with Crippen LogP contribution in [0, 0.1) is 0 Å². The summed E-state index contributed by atoms with van der Waals surface area (Å²) in [4.78, 5) is 23.7. The lowest BCUT2D eigenvalue weighted by molar-refractivity contribution is -0.290. The third kappa shape index (κ3) is 4.55. The lowest BCUT2D eigenvalue weighted by atomic mass is 10.2. The number of carbonyl (C=O) groups is 1. The van der Waals surface area contributed by atoms with Crippen molar-refractivity contribution < 1.29 is 39.9 Å². The number of aromatic nitrogens is 5. The molecule has 0 saturated heterocycles. The quantitative estimate of drug-likeness (QED) is 0.494. The first kappa shape index (κ1) is 24.2. The molecule has 0 fully saturated rings. The van der Waals surface area contributed by atoms with Gasteiger partial charge >= 0.3 is 12.1 Å². The molecule has 0 unspecified atom stereocenters. The van der Waals surface area contributed by atoms with Crippen LogP contribution >= 0.6 is 0 Å². The zero-order chi connectivity index (χ0) is 24.6. The Morgan fingerprint density at radius 2 is 1.85 bits per heavy atom. The van der Waals surface area contributed by atoms with Crippen molar-refractivity contribution in [2.24, 2.45) is 0 Å². The van der Waals surface area contributed by atoms with Gasteiger partial charge in [-0.15, -0.1) is 0 Å². The fraction of sp³-hybridized carbons (Fsp3) is 0.353. The molecule has 0 saturated carbocycles. The van der Waals surface area contributed by atoms with E-state index in [4.69, 9.17) is 0 Å². The second-order valence-electron chi connectivity index (χ2n) is 6.46. The van der Waals surface area contributed by atoms with Gasteiger partial charge in [0.2, 0.25) is 5.88 Å². The number of nitrogens with one attached hydrogen (secondary N) is 1. The summed E-state index contributed by atoms with van der Waals surface area (Å²) < 4.78 is 93.5. The van der Waals surface area contributed by atoms with Crippen LogP contribution < -0.4 is 10.1 Å². The predicted octanol–water partition coefficient (Wildman–Crippen LogP) is 1.92. The van der Waals surface area contributed by atoms with Crippen molar-refractivity contribution in [2.45, 2.75) is 24.0 Å². The Kier molecular flexibility index (Phi) is 6.23. The van der Waals surface area contributed by atoms with E-state index >= 15 is 0 Å². The number of fused-ring (bicyclic) bond motifs is 1. The zero-order valence-electron chi connectivity index (χ0n) is 16.9. The van der Waals surface area contributed by atoms with Gasteiger partial charge in [-0.1, -0.05) is 6.92 Å². The van der Waals surface area contributed by atoms with Crippen molar-refractivity contribution in [1.29, 1.82) is 0 Å². The standard InChI is InChI=1S/C17H15F5N6O4S/c1-3-33(30,31)15-12(13-24-5-4-10(14(29)23-2)28(13)27-15)9-6-26-11(7-25-9)32-8-16(18,19)17(20,21)22/h4-7H,3,8H2,1-2H3,(H,23,29). The van der Waals surface area contributed by atoms with Crippen molar-refractivity contribution in [3.05, 3.63) is 30.4 Å². The summed E-state index contributed by atoms with van der Waals surface area (Å²) in [5.41, 5.74) is -0.394. The summed E-state index contributed by atoms with van der Waals surface area (Å²) in [6, 6.07) is 1.30. The highest BCUT2D eigenvalue weighted by Gasteiger charge is 2.58. The SMILES string of the molecule is CCS(=O)(=O)c1nn2c(C(=O)NC)ccnc2c1-c1cnc(OCC(F)(F)C(F)(F)F)cn1. The molecule has 0 aliphatic heterocycles. The smallest absolute Gasteiger partial charge is 0.456 e. The maximum absolute atomic E-state index is 13.0. The van der Waals surface area contributed by atoms with Gasteiger partial charge in [-0.2, -0.15) is 27.1 Å². The Balaban J connectivity index is 2.08. The number of hydrogen-bond donors (Lipinski definition) is 1. The minimum Gasteiger partial charge on any atom is -0.470 e. The topological polar surface area (TPSA) is 128 Å². The highest BCUT2D eigenvalue weighted by atomic mass is 32.2. The first-order valence-corrected chi connectivity index (χ1v) is 10.7. The van der Waals surface area contributed by atoms with Crippen LogP contribution in [0.2, 0.25) is 0 Å². The Morgan fingerprint density at radius 3 is 2.39 bits per heavy atom. The molecular weight excluding hydrogens is 479 g/mol. The highest BCUT2D eigenvalue weighted by Crippen LogP contribution is 2.36. The molecule has 0 aromatic carbocycles. The molecule has 1 N–H and O–H groups in total. The minimum atomic E-state index is -5.81. The van der Waals surface area contributed by atoms with Crippen LogP contribution in [0.5, 0.6) is 5.88 Å². The fourth-order valence-electron chi connectivity index (χ4n) is 2.57. The lowest BCUT2D eigenvalue weighted by Gasteiger charge is -2.19. The number of alkyl halides is 5. The third-order valence-corrected chi connectivity index (χ3v) is 5.96. The highest BCUT2D eigenvalue weighted by molar-refractivity contribution is 7.91. The summed E-state index contributed by atoms with van der Waals surface area (Å²) in [7, 11) is -2.61. The van der Waals surface area contributed by atoms with Crippen molar-refractivity contribution in [3.63, 3.8) is 0 Å². The molecule has 3 rings (SSSR count). The van der Waals surface area contributed by atoms with Crippen LogP contribution in [-0.2, 0) is 9.84 Å². The van der Waals surface area contributed by atoms with Gasteiger partial charge in [-0.05, 0) is 6.07 Å². The van der Waals surface area contributed by atoms with E-state index < -0.39 is 45.4 Å². The van der Waals surface area contributed by atoms with Gasteiger partial charge in [0.05, 0.1) is 29.4 Å². The van der Waals surface area contributed by atoms with Crippen molar-refractivity contribution in [2.75, 3.05) is 19.4 Å². The molecule has 16 heteroatoms. The van der Waals surface area contributed by atoms with Gasteiger partial charge in [0.25, 0.3) is 5.91 Å². The average molecular weight is 494 g/mol. The molecule has 0 atom stereocenters. The van der Waals surface area contributed by atoms with Crippen molar-refractivity contribution in [1.82, 2.24) is 29.9 Å². The van der Waals surface area contributed by atoms with E-state index in [-0.39, 0.29) is 28.4 Å². The van der Waals surface area contributed by atoms with E-state index in [9.17, 15) is 35.2 Å². The number of nitrogens with zero attached hydrogens (tertiary/aromatic N) is 5. The Hall–Kier alpha value is -3.43. The first-order valence-electron chi connectivity index (χ1n) is 9.04. The number of halogens is 5. The number of sulfone groups is 1. The number of carbonyl (C=O) groups excluding carboxylic acids is 1. The number of rotatable bonds is 7. The van der Waals surface area contributed by atoms with E-state index in [0.717, 1.165) is 16.9 Å². The van der Waals surface area contributed by atoms with Crippen molar-refractivity contribution in [3.8, 4) is 17.1 Å². The maximum Gasteiger partial charge on any atom is 0.456 e. The average Bonchev–Trinajstić information content (AvgIpc) is 3.17. The van der Waals surface area contributed by atoms with Gasteiger partial charge in [-0.25, -0.2) is 27.9 Å². The van der Waals surface area contributed by atoms with E-state index in [0.29, 0.717) is 0 Å². The summed E-state index contributed by atoms with van der Waals surface area (Å²) in [6.07, 6.45) is -2.93. The second-order valence-corrected chi connectivity index (χ2v) is 8.65. The second kappa shape index (κ2) is 8.49. The molecule has 3 aromatic heterocycles. The summed E-state index contributed by atoms with van der Waals surface area (Å²) in [5, 5.41) is 5.90. The molecule has 0 bridgehead atoms. The molecule has 33 heavy (non-hydrogen) atoms. The predicted molar refractivity (Wildman–Crippen MR) is 102 cm³/mol. The summed E-state index contributed by atoms with van der Waals surface area (Å²) in [5.74, 6) is -6.71. The van der Waals surface area contributed by atoms with Gasteiger partial charge in [0, 0.05) is 13.2 Å². The molecule has 1 amide bonds. The largest absolute Gasteiger partial charge is 0.470 e. The van der Waals surface area contributed by atoms with Crippen molar-refractivity contribution >= 4 is 21.4 Å². The monoisotopic (exact) mass is 494 g/mol. The van der Waals surface area contributed by atoms with E-state index in [1.165, 1.54) is 26.2 Å². The van der Waals surface area contributed by atoms with Crippen LogP contribution in [0.15, 0.2) is 29.7 Å². The Morgan fingerprint density at radius 1 is 1.15 bits per heavy atom. The molecule has 0 aliphatic carbocycles. The van der Waals surface area contributed by atoms with E-state index in [1.54, 1.807) is 0 Å². The van der Waals surface area contributed by atoms with Crippen LogP contribution in [0.3, 0.4) is 0 Å². The Bertz CT molecular complexity index is 1290. The molecule has 178 valence electrons. The molecule has 0 aliphatic rings. The van der Waals surface area contributed by atoms with Gasteiger partial charge in [-0.3, -0.25) is 4.79 Å². The minimum absolute atomic E-state index is 0.0383. The lowest BCUT2D eigenvalue weighted by Crippen LogP contribution is -2.41. The molecule has 3 heterocycles. The fourth-order valence-corrected chi connectivity index (χ4v) is 3.56. The number of amides is 1. The maximum atomic E-state index is 13.0. The third-order valence-electron chi connectivity index (χ3n) is 4.32. The van der Waals surface area contributed by atoms with Crippen LogP contribution in [0.1, 0.15) is 17.4 Å². The molecule has 3 aromatic rings. The number of ether oxygens (including phenoxy) is 1. The molecule has 0 radical (unpaired) electrons. The van der Waals surface area contributed by atoms with Gasteiger partial charge in [0.1, 0.15) is 5.69 Å². The molecule has 0 spiro atoms. The van der Waals surface area contributed by atoms with E-state index in [2.05, 4.69) is 30.1 Å². The summed E-state index contributed by atoms with van der Waals surface area (Å²) >= 11 is 0. The Labute approximate surface area is 182 Å². The van der Waals surface area contributed by atoms with Crippen LogP contribution in [0.4, 0.5) is 22.0 Å². The molecular formula is C17H15F5N6O4S. The van der Waals surface area contributed by atoms with Crippen LogP contribution in [0.25, 0.3) is 16.9 Å². The van der Waals surface area contributed by atoms with E-state index in [1.807, 2.05) is 0 Å². The normalized spacial score (nSPS) is 12.7.